The van der Waals surface area contributed by atoms with Crippen molar-refractivity contribution in [2.24, 2.45) is 4.99 Å². The number of halogens is 2. The van der Waals surface area contributed by atoms with Gasteiger partial charge in [0, 0.05) is 30.2 Å². The van der Waals surface area contributed by atoms with Crippen molar-refractivity contribution in [3.05, 3.63) is 65.9 Å². The Morgan fingerprint density at radius 2 is 1.81 bits per heavy atom. The van der Waals surface area contributed by atoms with Crippen LogP contribution in [0.4, 0.5) is 8.78 Å². The Morgan fingerprint density at radius 3 is 2.58 bits per heavy atom. The third kappa shape index (κ3) is 6.04. The van der Waals surface area contributed by atoms with E-state index in [0.29, 0.717) is 31.2 Å². The molecule has 1 aromatic heterocycles. The van der Waals surface area contributed by atoms with E-state index in [9.17, 15) is 8.78 Å². The number of rotatable bonds is 9. The summed E-state index contributed by atoms with van der Waals surface area (Å²) >= 11 is 0. The maximum atomic E-state index is 12.9. The largest absolute Gasteiger partial charge is 0.490 e. The highest BCUT2D eigenvalue weighted by Gasteiger charge is 2.15. The van der Waals surface area contributed by atoms with Crippen molar-refractivity contribution in [1.29, 1.82) is 0 Å². The summed E-state index contributed by atoms with van der Waals surface area (Å²) in [6, 6.07) is 15.0. The molecule has 8 heteroatoms. The molecule has 0 spiro atoms. The first kappa shape index (κ1) is 22.3. The molecule has 0 aliphatic heterocycles. The van der Waals surface area contributed by atoms with Crippen molar-refractivity contribution in [3.63, 3.8) is 0 Å². The molecule has 1 heterocycles. The van der Waals surface area contributed by atoms with Crippen LogP contribution in [0, 0.1) is 0 Å². The second-order valence-corrected chi connectivity index (χ2v) is 6.60. The van der Waals surface area contributed by atoms with E-state index in [1.807, 2.05) is 37.3 Å². The van der Waals surface area contributed by atoms with Crippen LogP contribution in [0.15, 0.2) is 59.7 Å². The molecule has 0 saturated carbocycles. The first-order valence-electron chi connectivity index (χ1n) is 10.2. The van der Waals surface area contributed by atoms with Gasteiger partial charge in [-0.25, -0.2) is 4.99 Å². The Kier molecular flexibility index (Phi) is 7.98. The molecule has 0 atom stereocenters. The van der Waals surface area contributed by atoms with E-state index in [0.717, 1.165) is 16.5 Å². The zero-order valence-corrected chi connectivity index (χ0v) is 17.6. The van der Waals surface area contributed by atoms with Crippen LogP contribution in [0.25, 0.3) is 10.9 Å². The van der Waals surface area contributed by atoms with E-state index in [2.05, 4.69) is 20.6 Å². The van der Waals surface area contributed by atoms with Gasteiger partial charge in [-0.05, 0) is 31.5 Å². The van der Waals surface area contributed by atoms with Crippen molar-refractivity contribution < 1.29 is 18.3 Å². The van der Waals surface area contributed by atoms with Crippen molar-refractivity contribution in [2.45, 2.75) is 33.5 Å². The van der Waals surface area contributed by atoms with Crippen molar-refractivity contribution in [3.8, 4) is 11.5 Å². The van der Waals surface area contributed by atoms with Gasteiger partial charge >= 0.3 is 6.61 Å². The van der Waals surface area contributed by atoms with E-state index >= 15 is 0 Å². The fourth-order valence-electron chi connectivity index (χ4n) is 3.17. The molecule has 0 radical (unpaired) electrons. The zero-order chi connectivity index (χ0) is 22.1. The number of nitrogens with zero attached hydrogens (tertiary/aromatic N) is 2. The minimum Gasteiger partial charge on any atom is -0.490 e. The minimum absolute atomic E-state index is 0.0113. The number of ether oxygens (including phenoxy) is 2. The maximum absolute atomic E-state index is 12.9. The Labute approximate surface area is 180 Å². The molecule has 0 aliphatic rings. The van der Waals surface area contributed by atoms with E-state index in [4.69, 9.17) is 9.47 Å². The molecule has 0 bridgehead atoms. The molecule has 0 amide bonds. The quantitative estimate of drug-likeness (QED) is 0.388. The predicted molar refractivity (Wildman–Crippen MR) is 118 cm³/mol. The Morgan fingerprint density at radius 1 is 1.03 bits per heavy atom. The SMILES string of the molecule is CCNC(=NCc1cccc(OCC)c1OC(F)F)NCc1cccc2cccnc12. The average molecular weight is 428 g/mol. The second-order valence-electron chi connectivity index (χ2n) is 6.60. The Hall–Kier alpha value is -3.42. The van der Waals surface area contributed by atoms with Gasteiger partial charge in [0.25, 0.3) is 0 Å². The van der Waals surface area contributed by atoms with Gasteiger partial charge in [-0.1, -0.05) is 36.4 Å². The Bertz CT molecular complexity index is 1020. The van der Waals surface area contributed by atoms with E-state index in [1.54, 1.807) is 31.3 Å². The summed E-state index contributed by atoms with van der Waals surface area (Å²) < 4.78 is 36.0. The van der Waals surface area contributed by atoms with Gasteiger partial charge in [-0.3, -0.25) is 4.98 Å². The molecule has 6 nitrogen and oxygen atoms in total. The monoisotopic (exact) mass is 428 g/mol. The summed E-state index contributed by atoms with van der Waals surface area (Å²) in [6.07, 6.45) is 1.76. The highest BCUT2D eigenvalue weighted by molar-refractivity contribution is 5.83. The molecule has 164 valence electrons. The number of pyridine rings is 1. The van der Waals surface area contributed by atoms with Crippen LogP contribution in [0.3, 0.4) is 0 Å². The second kappa shape index (κ2) is 11.1. The molecular formula is C23H26F2N4O2. The molecular weight excluding hydrogens is 402 g/mol. The van der Waals surface area contributed by atoms with Crippen molar-refractivity contribution in [1.82, 2.24) is 15.6 Å². The Balaban J connectivity index is 1.79. The van der Waals surface area contributed by atoms with E-state index in [-0.39, 0.29) is 18.0 Å². The lowest BCUT2D eigenvalue weighted by Crippen LogP contribution is -2.36. The number of aromatic nitrogens is 1. The van der Waals surface area contributed by atoms with Crippen molar-refractivity contribution >= 4 is 16.9 Å². The fourth-order valence-corrected chi connectivity index (χ4v) is 3.17. The summed E-state index contributed by atoms with van der Waals surface area (Å²) in [7, 11) is 0. The number of hydrogen-bond acceptors (Lipinski definition) is 4. The number of hydrogen-bond donors (Lipinski definition) is 2. The summed E-state index contributed by atoms with van der Waals surface area (Å²) in [6.45, 7) is 2.44. The number of nitrogens with one attached hydrogen (secondary N) is 2. The first-order chi connectivity index (χ1) is 15.1. The van der Waals surface area contributed by atoms with Gasteiger partial charge in [0.1, 0.15) is 0 Å². The fraction of sp³-hybridized carbons (Fsp3) is 0.304. The lowest BCUT2D eigenvalue weighted by Gasteiger charge is -2.15. The van der Waals surface area contributed by atoms with E-state index in [1.165, 1.54) is 0 Å². The molecule has 2 aromatic carbocycles. The molecule has 0 unspecified atom stereocenters. The lowest BCUT2D eigenvalue weighted by molar-refractivity contribution is -0.0520. The number of alkyl halides is 2. The van der Waals surface area contributed by atoms with Crippen LogP contribution >= 0.6 is 0 Å². The van der Waals surface area contributed by atoms with Gasteiger partial charge < -0.3 is 20.1 Å². The number of fused-ring (bicyclic) bond motifs is 1. The predicted octanol–water partition coefficient (Wildman–Crippen LogP) is 4.49. The topological polar surface area (TPSA) is 67.8 Å². The number of benzene rings is 2. The number of aliphatic imine (C=N–C) groups is 1. The molecule has 0 saturated heterocycles. The van der Waals surface area contributed by atoms with Gasteiger partial charge in [-0.15, -0.1) is 0 Å². The normalized spacial score (nSPS) is 11.6. The van der Waals surface area contributed by atoms with Gasteiger partial charge in [-0.2, -0.15) is 8.78 Å². The molecule has 3 aromatic rings. The molecule has 2 N–H and O–H groups in total. The summed E-state index contributed by atoms with van der Waals surface area (Å²) in [5.74, 6) is 0.840. The van der Waals surface area contributed by atoms with Crippen LogP contribution in [0.2, 0.25) is 0 Å². The molecule has 0 fully saturated rings. The smallest absolute Gasteiger partial charge is 0.387 e. The van der Waals surface area contributed by atoms with Gasteiger partial charge in [0.15, 0.2) is 17.5 Å². The van der Waals surface area contributed by atoms with Crippen molar-refractivity contribution in [2.75, 3.05) is 13.2 Å². The van der Waals surface area contributed by atoms with Crippen LogP contribution in [0.5, 0.6) is 11.5 Å². The van der Waals surface area contributed by atoms with Gasteiger partial charge in [0.2, 0.25) is 0 Å². The third-order valence-electron chi connectivity index (χ3n) is 4.48. The summed E-state index contributed by atoms with van der Waals surface area (Å²) in [4.78, 5) is 9.00. The van der Waals surface area contributed by atoms with Gasteiger partial charge in [0.05, 0.1) is 18.7 Å². The molecule has 3 rings (SSSR count). The number of guanidine groups is 1. The van der Waals surface area contributed by atoms with E-state index < -0.39 is 6.61 Å². The standard InChI is InChI=1S/C23H26F2N4O2/c1-3-26-23(28-14-17-9-5-8-16-11-7-13-27-20(16)17)29-15-18-10-6-12-19(30-4-2)21(18)31-22(24)25/h5-13,22H,3-4,14-15H2,1-2H3,(H2,26,28,29). The minimum atomic E-state index is -2.95. The van der Waals surface area contributed by atoms with Crippen LogP contribution in [0.1, 0.15) is 25.0 Å². The maximum Gasteiger partial charge on any atom is 0.387 e. The van der Waals surface area contributed by atoms with Crippen LogP contribution in [-0.2, 0) is 13.1 Å². The highest BCUT2D eigenvalue weighted by Crippen LogP contribution is 2.33. The third-order valence-corrected chi connectivity index (χ3v) is 4.48. The number of para-hydroxylation sites is 2. The zero-order valence-electron chi connectivity index (χ0n) is 17.6. The highest BCUT2D eigenvalue weighted by atomic mass is 19.3. The average Bonchev–Trinajstić information content (AvgIpc) is 2.77. The molecule has 0 aliphatic carbocycles. The summed E-state index contributed by atoms with van der Waals surface area (Å²) in [5.41, 5.74) is 2.46. The molecule has 31 heavy (non-hydrogen) atoms. The van der Waals surface area contributed by atoms with Crippen LogP contribution in [-0.4, -0.2) is 30.7 Å². The summed E-state index contributed by atoms with van der Waals surface area (Å²) in [5, 5.41) is 7.51. The first-order valence-corrected chi connectivity index (χ1v) is 10.2. The van der Waals surface area contributed by atoms with Crippen LogP contribution < -0.4 is 20.1 Å². The lowest BCUT2D eigenvalue weighted by atomic mass is 10.1.